The molecule has 1 aromatic heterocycles. The number of alkyl halides is 3. The largest absolute Gasteiger partial charge is 0.497 e. The van der Waals surface area contributed by atoms with E-state index in [1.807, 2.05) is 0 Å². The Morgan fingerprint density at radius 2 is 2.04 bits per heavy atom. The molecule has 1 fully saturated rings. The van der Waals surface area contributed by atoms with Crippen LogP contribution in [0.25, 0.3) is 0 Å². The number of rotatable bonds is 5. The van der Waals surface area contributed by atoms with E-state index in [1.165, 1.54) is 12.0 Å². The lowest BCUT2D eigenvalue weighted by atomic mass is 10.1. The highest BCUT2D eigenvalue weighted by Crippen LogP contribution is 2.34. The number of anilines is 1. The van der Waals surface area contributed by atoms with E-state index in [-0.39, 0.29) is 32.0 Å². The average Bonchev–Trinajstić information content (AvgIpc) is 2.69. The van der Waals surface area contributed by atoms with Gasteiger partial charge in [0.15, 0.2) is 0 Å². The first-order valence-corrected chi connectivity index (χ1v) is 8.60. The number of aliphatic hydroxyl groups excluding tert-OH is 1. The van der Waals surface area contributed by atoms with Crippen LogP contribution in [0.5, 0.6) is 5.75 Å². The Kier molecular flexibility index (Phi) is 5.90. The van der Waals surface area contributed by atoms with Gasteiger partial charge in [0.1, 0.15) is 11.3 Å². The van der Waals surface area contributed by atoms with E-state index < -0.39 is 29.9 Å². The molecule has 1 aliphatic rings. The number of aliphatic hydroxyl groups is 1. The molecular formula is C18H20F3N3O4. The summed E-state index contributed by atoms with van der Waals surface area (Å²) < 4.78 is 52.2. The van der Waals surface area contributed by atoms with E-state index in [0.29, 0.717) is 11.3 Å². The molecule has 1 aromatic carbocycles. The lowest BCUT2D eigenvalue weighted by Gasteiger charge is -2.37. The number of benzene rings is 1. The van der Waals surface area contributed by atoms with Gasteiger partial charge in [-0.3, -0.25) is 4.79 Å². The standard InChI is InChI=1S/C18H20F3N3O4/c1-27-14-4-2-12(3-5-14)9-24-17(26)16(18(19,20)21)15(8-22-24)23-6-7-28-11-13(23)10-25/h2-5,8,13,25H,6-7,9-11H2,1H3/t13-/m1/s1. The molecule has 0 amide bonds. The van der Waals surface area contributed by atoms with Gasteiger partial charge in [0.2, 0.25) is 0 Å². The molecule has 152 valence electrons. The first kappa shape index (κ1) is 20.2. The molecule has 2 aromatic rings. The summed E-state index contributed by atoms with van der Waals surface area (Å²) in [6, 6.07) is 5.93. The molecule has 0 saturated carbocycles. The molecule has 0 spiro atoms. The molecule has 2 heterocycles. The number of hydrogen-bond acceptors (Lipinski definition) is 6. The first-order valence-electron chi connectivity index (χ1n) is 8.60. The summed E-state index contributed by atoms with van der Waals surface area (Å²) >= 11 is 0. The highest BCUT2D eigenvalue weighted by atomic mass is 19.4. The van der Waals surface area contributed by atoms with Crippen molar-refractivity contribution in [3.63, 3.8) is 0 Å². The second-order valence-electron chi connectivity index (χ2n) is 6.32. The second-order valence-corrected chi connectivity index (χ2v) is 6.32. The minimum atomic E-state index is -4.87. The van der Waals surface area contributed by atoms with Gasteiger partial charge in [-0.1, -0.05) is 12.1 Å². The van der Waals surface area contributed by atoms with Crippen molar-refractivity contribution in [2.75, 3.05) is 38.4 Å². The number of hydrogen-bond donors (Lipinski definition) is 1. The van der Waals surface area contributed by atoms with Crippen molar-refractivity contribution in [3.05, 3.63) is 51.9 Å². The van der Waals surface area contributed by atoms with Crippen molar-refractivity contribution < 1.29 is 27.8 Å². The maximum absolute atomic E-state index is 13.7. The van der Waals surface area contributed by atoms with Crippen LogP contribution in [-0.2, 0) is 17.5 Å². The predicted octanol–water partition coefficient (Wildman–Crippen LogP) is 1.52. The second kappa shape index (κ2) is 8.19. The van der Waals surface area contributed by atoms with Crippen molar-refractivity contribution in [1.29, 1.82) is 0 Å². The Morgan fingerprint density at radius 3 is 2.64 bits per heavy atom. The molecule has 1 aliphatic heterocycles. The molecule has 0 bridgehead atoms. The molecule has 1 saturated heterocycles. The molecule has 0 unspecified atom stereocenters. The zero-order chi connectivity index (χ0) is 20.3. The van der Waals surface area contributed by atoms with Gasteiger partial charge in [0.05, 0.1) is 51.4 Å². The van der Waals surface area contributed by atoms with Crippen LogP contribution >= 0.6 is 0 Å². The van der Waals surface area contributed by atoms with Crippen molar-refractivity contribution in [2.24, 2.45) is 0 Å². The third kappa shape index (κ3) is 4.12. The van der Waals surface area contributed by atoms with Crippen LogP contribution in [0.3, 0.4) is 0 Å². The maximum Gasteiger partial charge on any atom is 0.423 e. The summed E-state index contributed by atoms with van der Waals surface area (Å²) in [5.74, 6) is 0.595. The summed E-state index contributed by atoms with van der Waals surface area (Å²) in [4.78, 5) is 14.0. The van der Waals surface area contributed by atoms with Crippen LogP contribution in [-0.4, -0.2) is 54.4 Å². The van der Waals surface area contributed by atoms with E-state index in [2.05, 4.69) is 5.10 Å². The topological polar surface area (TPSA) is 76.8 Å². The summed E-state index contributed by atoms with van der Waals surface area (Å²) in [6.07, 6.45) is -3.84. The summed E-state index contributed by atoms with van der Waals surface area (Å²) in [5, 5.41) is 13.4. The van der Waals surface area contributed by atoms with Gasteiger partial charge in [-0.05, 0) is 17.7 Å². The van der Waals surface area contributed by atoms with E-state index in [0.717, 1.165) is 10.9 Å². The van der Waals surface area contributed by atoms with Gasteiger partial charge in [0, 0.05) is 6.54 Å². The minimum Gasteiger partial charge on any atom is -0.497 e. The Hall–Kier alpha value is -2.59. The fourth-order valence-corrected chi connectivity index (χ4v) is 3.10. The molecule has 0 aliphatic carbocycles. The molecule has 1 N–H and O–H groups in total. The number of nitrogens with zero attached hydrogens (tertiary/aromatic N) is 3. The molecule has 0 radical (unpaired) electrons. The van der Waals surface area contributed by atoms with E-state index >= 15 is 0 Å². The van der Waals surface area contributed by atoms with Crippen LogP contribution in [0.15, 0.2) is 35.3 Å². The Labute approximate surface area is 158 Å². The van der Waals surface area contributed by atoms with Gasteiger partial charge in [0.25, 0.3) is 5.56 Å². The molecule has 28 heavy (non-hydrogen) atoms. The van der Waals surface area contributed by atoms with Gasteiger partial charge in [-0.25, -0.2) is 4.68 Å². The normalized spacial score (nSPS) is 17.6. The quantitative estimate of drug-likeness (QED) is 0.822. The summed E-state index contributed by atoms with van der Waals surface area (Å²) in [7, 11) is 1.50. The zero-order valence-corrected chi connectivity index (χ0v) is 15.1. The van der Waals surface area contributed by atoms with Crippen LogP contribution in [0.2, 0.25) is 0 Å². The SMILES string of the molecule is COc1ccc(Cn2ncc(N3CCOC[C@H]3CO)c(C(F)(F)F)c2=O)cc1. The van der Waals surface area contributed by atoms with Crippen LogP contribution in [0.1, 0.15) is 11.1 Å². The molecule has 10 heteroatoms. The summed E-state index contributed by atoms with van der Waals surface area (Å²) in [6.45, 7) is -0.117. The fraction of sp³-hybridized carbons (Fsp3) is 0.444. The Bertz CT molecular complexity index is 868. The molecular weight excluding hydrogens is 379 g/mol. The number of morpholine rings is 1. The fourth-order valence-electron chi connectivity index (χ4n) is 3.10. The monoisotopic (exact) mass is 399 g/mol. The number of aromatic nitrogens is 2. The molecule has 7 nitrogen and oxygen atoms in total. The lowest BCUT2D eigenvalue weighted by Crippen LogP contribution is -2.49. The van der Waals surface area contributed by atoms with Gasteiger partial charge in [-0.15, -0.1) is 0 Å². The van der Waals surface area contributed by atoms with Gasteiger partial charge in [-0.2, -0.15) is 18.3 Å². The number of methoxy groups -OCH3 is 1. The highest BCUT2D eigenvalue weighted by molar-refractivity contribution is 5.53. The minimum absolute atomic E-state index is 0.0722. The predicted molar refractivity (Wildman–Crippen MR) is 94.6 cm³/mol. The Morgan fingerprint density at radius 1 is 1.32 bits per heavy atom. The van der Waals surface area contributed by atoms with E-state index in [9.17, 15) is 23.1 Å². The van der Waals surface area contributed by atoms with Crippen LogP contribution < -0.4 is 15.2 Å². The zero-order valence-electron chi connectivity index (χ0n) is 15.1. The summed E-state index contributed by atoms with van der Waals surface area (Å²) in [5.41, 5.74) is -2.26. The van der Waals surface area contributed by atoms with E-state index in [4.69, 9.17) is 9.47 Å². The van der Waals surface area contributed by atoms with Crippen LogP contribution in [0.4, 0.5) is 18.9 Å². The van der Waals surface area contributed by atoms with Crippen LogP contribution in [0, 0.1) is 0 Å². The van der Waals surface area contributed by atoms with Gasteiger partial charge < -0.3 is 19.5 Å². The Balaban J connectivity index is 2.01. The third-order valence-corrected chi connectivity index (χ3v) is 4.55. The molecule has 3 rings (SSSR count). The first-order chi connectivity index (χ1) is 13.3. The lowest BCUT2D eigenvalue weighted by molar-refractivity contribution is -0.138. The van der Waals surface area contributed by atoms with Crippen molar-refractivity contribution in [3.8, 4) is 5.75 Å². The molecule has 1 atom stereocenters. The number of halogens is 3. The van der Waals surface area contributed by atoms with Crippen molar-refractivity contribution in [2.45, 2.75) is 18.8 Å². The third-order valence-electron chi connectivity index (χ3n) is 4.55. The van der Waals surface area contributed by atoms with Gasteiger partial charge >= 0.3 is 6.18 Å². The van der Waals surface area contributed by atoms with Crippen molar-refractivity contribution >= 4 is 5.69 Å². The highest BCUT2D eigenvalue weighted by Gasteiger charge is 2.41. The number of ether oxygens (including phenoxy) is 2. The average molecular weight is 399 g/mol. The maximum atomic E-state index is 13.7. The van der Waals surface area contributed by atoms with Crippen molar-refractivity contribution in [1.82, 2.24) is 9.78 Å². The van der Waals surface area contributed by atoms with E-state index in [1.54, 1.807) is 24.3 Å². The smallest absolute Gasteiger partial charge is 0.423 e.